The maximum Gasteiger partial charge on any atom is 0.161 e. The van der Waals surface area contributed by atoms with Gasteiger partial charge in [0.1, 0.15) is 11.4 Å². The van der Waals surface area contributed by atoms with Crippen LogP contribution in [0.3, 0.4) is 0 Å². The lowest BCUT2D eigenvalue weighted by Gasteiger charge is -2.37. The second-order valence-corrected chi connectivity index (χ2v) is 6.58. The molecule has 0 saturated heterocycles. The lowest BCUT2D eigenvalue weighted by atomic mass is 10.3. The van der Waals surface area contributed by atoms with Gasteiger partial charge in [-0.15, -0.1) is 0 Å². The van der Waals surface area contributed by atoms with Gasteiger partial charge in [0.05, 0.1) is 32.4 Å². The normalized spacial score (nSPS) is 13.1. The van der Waals surface area contributed by atoms with Gasteiger partial charge in [-0.1, -0.05) is 6.07 Å². The first kappa shape index (κ1) is 21.2. The number of rotatable bonds is 8. The van der Waals surface area contributed by atoms with Crippen molar-refractivity contribution in [2.24, 2.45) is 10.2 Å². The molecule has 1 aliphatic heterocycles. The summed E-state index contributed by atoms with van der Waals surface area (Å²) in [6.07, 6.45) is 2.11. The Morgan fingerprint density at radius 1 is 1.15 bits per heavy atom. The van der Waals surface area contributed by atoms with Crippen LogP contribution in [-0.2, 0) is 6.67 Å². The fourth-order valence-electron chi connectivity index (χ4n) is 3.41. The second kappa shape index (κ2) is 9.23. The van der Waals surface area contributed by atoms with Crippen molar-refractivity contribution in [3.05, 3.63) is 36.5 Å². The molecular formula is C19H29BrN6O. The van der Waals surface area contributed by atoms with Crippen LogP contribution in [0.1, 0.15) is 20.8 Å². The van der Waals surface area contributed by atoms with Gasteiger partial charge in [-0.05, 0) is 39.0 Å². The Labute approximate surface area is 172 Å². The molecule has 0 bridgehead atoms. The van der Waals surface area contributed by atoms with Crippen molar-refractivity contribution in [1.82, 2.24) is 4.57 Å². The molecule has 0 saturated carbocycles. The number of azo groups is 1. The molecule has 1 aliphatic rings. The third kappa shape index (κ3) is 4.44. The average Bonchev–Trinajstić information content (AvgIpc) is 3.10. The number of nitrogens with zero attached hydrogens (tertiary/aromatic N) is 5. The Hall–Kier alpha value is -2.06. The van der Waals surface area contributed by atoms with E-state index in [1.54, 1.807) is 7.11 Å². The molecule has 2 heterocycles. The van der Waals surface area contributed by atoms with Crippen molar-refractivity contribution in [2.75, 3.05) is 43.8 Å². The Morgan fingerprint density at radius 3 is 2.56 bits per heavy atom. The smallest absolute Gasteiger partial charge is 0.161 e. The predicted molar refractivity (Wildman–Crippen MR) is 105 cm³/mol. The van der Waals surface area contributed by atoms with Gasteiger partial charge in [0.15, 0.2) is 19.2 Å². The zero-order chi connectivity index (χ0) is 18.6. The number of hydrogen-bond acceptors (Lipinski definition) is 5. The summed E-state index contributed by atoms with van der Waals surface area (Å²) in [6, 6.07) is 9.94. The average molecular weight is 437 g/mol. The van der Waals surface area contributed by atoms with E-state index in [1.165, 1.54) is 0 Å². The topological polar surface area (TPSA) is 54.1 Å². The molecule has 0 fully saturated rings. The summed E-state index contributed by atoms with van der Waals surface area (Å²) in [5.41, 5.74) is 5.31. The summed E-state index contributed by atoms with van der Waals surface area (Å²) in [5.74, 6) is 1.88. The van der Waals surface area contributed by atoms with Crippen molar-refractivity contribution in [2.45, 2.75) is 27.4 Å². The zero-order valence-corrected chi connectivity index (χ0v) is 18.1. The number of anilines is 2. The van der Waals surface area contributed by atoms with Crippen LogP contribution in [0.15, 0.2) is 46.8 Å². The number of benzene rings is 1. The van der Waals surface area contributed by atoms with Gasteiger partial charge in [-0.3, -0.25) is 9.99 Å². The van der Waals surface area contributed by atoms with Gasteiger partial charge < -0.3 is 26.2 Å². The molecule has 7 nitrogen and oxygen atoms in total. The predicted octanol–water partition coefficient (Wildman–Crippen LogP) is 1.22. The number of halogens is 1. The molecule has 8 heteroatoms. The molecule has 0 atom stereocenters. The standard InChI is InChI=1S/C19H29N6O.BrH/c1-5-25(6-2,7-3)15-23-12-11-18-19(23)24(14-20-21-18)22-16-9-8-10-17(13-16)26-4;/h8-13,22H,5-7,14-15H2,1-4H3;1H/q+1;/p-1. The molecule has 0 unspecified atom stereocenters. The number of fused-ring (bicyclic) bond motifs is 1. The van der Waals surface area contributed by atoms with Gasteiger partial charge in [-0.2, -0.15) is 10.2 Å². The van der Waals surface area contributed by atoms with Crippen LogP contribution in [0.25, 0.3) is 0 Å². The summed E-state index contributed by atoms with van der Waals surface area (Å²) in [7, 11) is 1.68. The van der Waals surface area contributed by atoms with Crippen LogP contribution < -0.4 is 32.2 Å². The van der Waals surface area contributed by atoms with Crippen molar-refractivity contribution < 1.29 is 26.2 Å². The van der Waals surface area contributed by atoms with E-state index >= 15 is 0 Å². The second-order valence-electron chi connectivity index (χ2n) is 6.58. The molecular weight excluding hydrogens is 408 g/mol. The largest absolute Gasteiger partial charge is 1.00 e. The Bertz CT molecular complexity index is 763. The number of methoxy groups -OCH3 is 1. The van der Waals surface area contributed by atoms with Crippen LogP contribution in [-0.4, -0.2) is 42.5 Å². The minimum Gasteiger partial charge on any atom is -1.00 e. The molecule has 0 radical (unpaired) electrons. The van der Waals surface area contributed by atoms with Crippen molar-refractivity contribution in [1.29, 1.82) is 0 Å². The molecule has 148 valence electrons. The summed E-state index contributed by atoms with van der Waals surface area (Å²) in [6.45, 7) is 11.5. The van der Waals surface area contributed by atoms with E-state index < -0.39 is 0 Å². The maximum absolute atomic E-state index is 5.32. The summed E-state index contributed by atoms with van der Waals surface area (Å²) >= 11 is 0. The molecule has 1 aromatic carbocycles. The van der Waals surface area contributed by atoms with Crippen molar-refractivity contribution in [3.63, 3.8) is 0 Å². The SMILES string of the molecule is CC[N+](CC)(CC)Cn1ccc2c1N(Nc1cccc(OC)c1)CN=N2.[Br-]. The minimum atomic E-state index is 0. The molecule has 3 rings (SSSR count). The third-order valence-corrected chi connectivity index (χ3v) is 5.35. The number of hydrogen-bond donors (Lipinski definition) is 1. The van der Waals surface area contributed by atoms with Gasteiger partial charge >= 0.3 is 0 Å². The number of quaternary nitrogens is 1. The number of ether oxygens (including phenoxy) is 1. The number of aromatic nitrogens is 1. The summed E-state index contributed by atoms with van der Waals surface area (Å²) < 4.78 is 8.65. The minimum absolute atomic E-state index is 0. The molecule has 27 heavy (non-hydrogen) atoms. The monoisotopic (exact) mass is 436 g/mol. The Kier molecular flexibility index (Phi) is 7.26. The van der Waals surface area contributed by atoms with Crippen molar-refractivity contribution in [3.8, 4) is 5.75 Å². The highest BCUT2D eigenvalue weighted by atomic mass is 79.9. The highest BCUT2D eigenvalue weighted by molar-refractivity contribution is 5.67. The van der Waals surface area contributed by atoms with E-state index in [2.05, 4.69) is 47.2 Å². The van der Waals surface area contributed by atoms with Crippen molar-refractivity contribution >= 4 is 17.2 Å². The van der Waals surface area contributed by atoms with Crippen LogP contribution in [0.5, 0.6) is 5.75 Å². The summed E-state index contributed by atoms with van der Waals surface area (Å²) in [4.78, 5) is 0. The van der Waals surface area contributed by atoms with E-state index in [4.69, 9.17) is 4.74 Å². The van der Waals surface area contributed by atoms with Crippen LogP contribution in [0.4, 0.5) is 17.2 Å². The van der Waals surface area contributed by atoms with Crippen LogP contribution >= 0.6 is 0 Å². The quantitative estimate of drug-likeness (QED) is 0.633. The Morgan fingerprint density at radius 2 is 1.89 bits per heavy atom. The summed E-state index contributed by atoms with van der Waals surface area (Å²) in [5, 5.41) is 10.6. The van der Waals surface area contributed by atoms with E-state index in [1.807, 2.05) is 35.3 Å². The molecule has 1 N–H and O–H groups in total. The Balaban J connectivity index is 0.00000261. The molecule has 2 aromatic rings. The van der Waals surface area contributed by atoms with Crippen LogP contribution in [0.2, 0.25) is 0 Å². The number of nitrogens with one attached hydrogen (secondary N) is 1. The van der Waals surface area contributed by atoms with Gasteiger partial charge in [0.2, 0.25) is 0 Å². The highest BCUT2D eigenvalue weighted by Gasteiger charge is 2.27. The maximum atomic E-state index is 5.32. The van der Waals surface area contributed by atoms with E-state index in [0.29, 0.717) is 6.67 Å². The molecule has 0 spiro atoms. The number of hydrazine groups is 1. The third-order valence-electron chi connectivity index (χ3n) is 5.35. The van der Waals surface area contributed by atoms with Gasteiger partial charge in [0.25, 0.3) is 0 Å². The fourth-order valence-corrected chi connectivity index (χ4v) is 3.41. The first-order chi connectivity index (χ1) is 12.6. The fraction of sp³-hybridized carbons (Fsp3) is 0.474. The molecule has 0 amide bonds. The zero-order valence-electron chi connectivity index (χ0n) is 16.5. The lowest BCUT2D eigenvalue weighted by Crippen LogP contribution is -3.00. The first-order valence-corrected chi connectivity index (χ1v) is 9.24. The lowest BCUT2D eigenvalue weighted by molar-refractivity contribution is -0.944. The van der Waals surface area contributed by atoms with Crippen LogP contribution in [0, 0.1) is 0 Å². The van der Waals surface area contributed by atoms with E-state index in [9.17, 15) is 0 Å². The molecule has 1 aromatic heterocycles. The highest BCUT2D eigenvalue weighted by Crippen LogP contribution is 2.35. The van der Waals surface area contributed by atoms with E-state index in [0.717, 1.165) is 53.7 Å². The van der Waals surface area contributed by atoms with E-state index in [-0.39, 0.29) is 17.0 Å². The van der Waals surface area contributed by atoms with Gasteiger partial charge in [-0.25, -0.2) is 5.01 Å². The first-order valence-electron chi connectivity index (χ1n) is 9.24. The van der Waals surface area contributed by atoms with Gasteiger partial charge in [0, 0.05) is 12.3 Å². The molecule has 0 aliphatic carbocycles.